The van der Waals surface area contributed by atoms with Crippen molar-refractivity contribution in [1.82, 2.24) is 9.80 Å². The lowest BCUT2D eigenvalue weighted by Crippen LogP contribution is -2.49. The van der Waals surface area contributed by atoms with Gasteiger partial charge in [0.15, 0.2) is 5.75 Å². The number of nitrogens with one attached hydrogen (secondary N) is 1. The maximum Gasteiger partial charge on any atom is 0.262 e. The number of hydrogen-bond acceptors (Lipinski definition) is 6. The Bertz CT molecular complexity index is 1720. The predicted octanol–water partition coefficient (Wildman–Crippen LogP) is 5.65. The van der Waals surface area contributed by atoms with E-state index in [0.29, 0.717) is 19.6 Å². The minimum absolute atomic E-state index is 0.0973. The van der Waals surface area contributed by atoms with Gasteiger partial charge in [-0.1, -0.05) is 67.6 Å². The van der Waals surface area contributed by atoms with Crippen molar-refractivity contribution in [2.75, 3.05) is 31.5 Å². The van der Waals surface area contributed by atoms with Gasteiger partial charge in [-0.15, -0.1) is 0 Å². The number of carbonyl (C=O) groups excluding carboxylic acids is 1. The number of fused-ring (bicyclic) bond motifs is 1. The molecular formula is C35H38FN3O5S. The first kappa shape index (κ1) is 32.2. The van der Waals surface area contributed by atoms with Crippen LogP contribution < -0.4 is 9.46 Å². The molecule has 0 saturated heterocycles. The van der Waals surface area contributed by atoms with Crippen LogP contribution in [-0.4, -0.2) is 68.1 Å². The van der Waals surface area contributed by atoms with Crippen molar-refractivity contribution >= 4 is 21.6 Å². The van der Waals surface area contributed by atoms with Gasteiger partial charge in [-0.3, -0.25) is 14.4 Å². The van der Waals surface area contributed by atoms with Crippen LogP contribution in [-0.2, 0) is 16.6 Å². The molecule has 3 atom stereocenters. The van der Waals surface area contributed by atoms with Crippen LogP contribution >= 0.6 is 0 Å². The number of rotatable bonds is 10. The van der Waals surface area contributed by atoms with E-state index in [9.17, 15) is 22.7 Å². The monoisotopic (exact) mass is 631 g/mol. The molecule has 1 aliphatic heterocycles. The predicted molar refractivity (Wildman–Crippen MR) is 173 cm³/mol. The molecule has 0 saturated carbocycles. The van der Waals surface area contributed by atoms with Gasteiger partial charge in [0.05, 0.1) is 28.8 Å². The third kappa shape index (κ3) is 7.53. The maximum atomic E-state index is 13.8. The molecular weight excluding hydrogens is 593 g/mol. The van der Waals surface area contributed by atoms with E-state index >= 15 is 0 Å². The van der Waals surface area contributed by atoms with E-state index in [1.807, 2.05) is 32.2 Å². The number of sulfonamides is 1. The quantitative estimate of drug-likeness (QED) is 0.235. The molecule has 0 spiro atoms. The molecule has 2 N–H and O–H groups in total. The van der Waals surface area contributed by atoms with Gasteiger partial charge in [-0.2, -0.15) is 0 Å². The average molecular weight is 632 g/mol. The number of aliphatic hydroxyl groups excluding tert-OH is 1. The fourth-order valence-corrected chi connectivity index (χ4v) is 6.54. The molecule has 8 nitrogen and oxygen atoms in total. The number of benzene rings is 4. The zero-order chi connectivity index (χ0) is 32.1. The van der Waals surface area contributed by atoms with E-state index in [-0.39, 0.29) is 40.3 Å². The number of carbonyl (C=O) groups is 1. The highest BCUT2D eigenvalue weighted by molar-refractivity contribution is 7.92. The van der Waals surface area contributed by atoms with Crippen LogP contribution in [0.3, 0.4) is 0 Å². The Balaban J connectivity index is 1.42. The number of aliphatic hydroxyl groups is 1. The molecule has 1 heterocycles. The Kier molecular flexibility index (Phi) is 9.86. The van der Waals surface area contributed by atoms with Gasteiger partial charge in [0.25, 0.3) is 15.9 Å². The summed E-state index contributed by atoms with van der Waals surface area (Å²) in [5.41, 5.74) is 3.68. The summed E-state index contributed by atoms with van der Waals surface area (Å²) in [7, 11) is -2.14. The average Bonchev–Trinajstić information content (AvgIpc) is 3.03. The molecule has 1 amide bonds. The van der Waals surface area contributed by atoms with E-state index in [1.54, 1.807) is 24.0 Å². The third-order valence-corrected chi connectivity index (χ3v) is 9.45. The number of nitrogens with zero attached hydrogens (tertiary/aromatic N) is 2. The molecule has 0 aliphatic carbocycles. The van der Waals surface area contributed by atoms with Gasteiger partial charge < -0.3 is 14.7 Å². The van der Waals surface area contributed by atoms with Crippen molar-refractivity contribution in [2.45, 2.75) is 37.4 Å². The van der Waals surface area contributed by atoms with Crippen molar-refractivity contribution in [3.63, 3.8) is 0 Å². The van der Waals surface area contributed by atoms with Crippen LogP contribution in [0, 0.1) is 11.7 Å². The maximum absolute atomic E-state index is 13.8. The van der Waals surface area contributed by atoms with E-state index < -0.39 is 28.0 Å². The SMILES string of the molecule is C[C@H](CO)N1C[C@H](C)[C@H](CN(C)Cc2ccc(-c3ccccc3)cc2)Oc2c(NS(=O)(=O)c3ccc(F)cc3)cccc2C1=O. The number of halogens is 1. The number of likely N-dealkylation sites (N-methyl/N-ethyl adjacent to an activating group) is 1. The summed E-state index contributed by atoms with van der Waals surface area (Å²) in [6.45, 7) is 4.99. The van der Waals surface area contributed by atoms with Crippen LogP contribution in [0.25, 0.3) is 11.1 Å². The zero-order valence-electron chi connectivity index (χ0n) is 25.6. The van der Waals surface area contributed by atoms with Crippen LogP contribution in [0.5, 0.6) is 5.75 Å². The second kappa shape index (κ2) is 13.8. The minimum Gasteiger partial charge on any atom is -0.486 e. The van der Waals surface area contributed by atoms with Crippen molar-refractivity contribution in [1.29, 1.82) is 0 Å². The van der Waals surface area contributed by atoms with Crippen LogP contribution in [0.2, 0.25) is 0 Å². The molecule has 4 aromatic carbocycles. The molecule has 0 unspecified atom stereocenters. The molecule has 45 heavy (non-hydrogen) atoms. The number of hydrogen-bond donors (Lipinski definition) is 2. The number of ether oxygens (including phenoxy) is 1. The summed E-state index contributed by atoms with van der Waals surface area (Å²) in [5.74, 6) is -0.980. The van der Waals surface area contributed by atoms with Crippen LogP contribution in [0.15, 0.2) is 102 Å². The summed E-state index contributed by atoms with van der Waals surface area (Å²) in [4.78, 5) is 17.4. The standard InChI is InChI=1S/C35H38FN3O5S/c1-24-20-39(25(2)23-40)35(41)31-10-7-11-32(37-45(42,43)30-18-16-29(36)17-19-30)34(31)44-33(24)22-38(3)21-26-12-14-28(15-13-26)27-8-5-4-6-9-27/h4-19,24-25,33,37,40H,20-23H2,1-3H3/t24-,25+,33-/m0/s1. The topological polar surface area (TPSA) is 99.2 Å². The molecule has 236 valence electrons. The zero-order valence-corrected chi connectivity index (χ0v) is 26.4. The number of amides is 1. The fourth-order valence-electron chi connectivity index (χ4n) is 5.48. The smallest absolute Gasteiger partial charge is 0.262 e. The highest BCUT2D eigenvalue weighted by Gasteiger charge is 2.35. The van der Waals surface area contributed by atoms with Gasteiger partial charge in [0.2, 0.25) is 0 Å². The molecule has 0 fully saturated rings. The first-order chi connectivity index (χ1) is 21.6. The largest absolute Gasteiger partial charge is 0.486 e. The van der Waals surface area contributed by atoms with Gasteiger partial charge in [-0.05, 0) is 67.1 Å². The molecule has 5 rings (SSSR count). The lowest BCUT2D eigenvalue weighted by Gasteiger charge is -2.38. The lowest BCUT2D eigenvalue weighted by atomic mass is 9.98. The van der Waals surface area contributed by atoms with E-state index in [0.717, 1.165) is 28.8 Å². The van der Waals surface area contributed by atoms with Crippen molar-refractivity contribution in [3.8, 4) is 16.9 Å². The second-order valence-electron chi connectivity index (χ2n) is 11.6. The molecule has 0 aromatic heterocycles. The van der Waals surface area contributed by atoms with Crippen molar-refractivity contribution < 1.29 is 27.4 Å². The van der Waals surface area contributed by atoms with Gasteiger partial charge in [-0.25, -0.2) is 12.8 Å². The fraction of sp³-hybridized carbons (Fsp3) is 0.286. The van der Waals surface area contributed by atoms with E-state index in [2.05, 4.69) is 46.0 Å². The Morgan fingerprint density at radius 2 is 1.64 bits per heavy atom. The van der Waals surface area contributed by atoms with Crippen molar-refractivity contribution in [3.05, 3.63) is 114 Å². The Morgan fingerprint density at radius 3 is 2.31 bits per heavy atom. The Morgan fingerprint density at radius 1 is 0.978 bits per heavy atom. The van der Waals surface area contributed by atoms with Crippen LogP contribution in [0.1, 0.15) is 29.8 Å². The Hall–Kier alpha value is -4.25. The van der Waals surface area contributed by atoms with Gasteiger partial charge >= 0.3 is 0 Å². The first-order valence-electron chi connectivity index (χ1n) is 14.9. The molecule has 10 heteroatoms. The first-order valence-corrected chi connectivity index (χ1v) is 16.4. The van der Waals surface area contributed by atoms with Crippen LogP contribution in [0.4, 0.5) is 10.1 Å². The third-order valence-electron chi connectivity index (χ3n) is 8.06. The summed E-state index contributed by atoms with van der Waals surface area (Å²) in [6, 6.07) is 27.3. The summed E-state index contributed by atoms with van der Waals surface area (Å²) in [5, 5.41) is 9.97. The van der Waals surface area contributed by atoms with Gasteiger partial charge in [0, 0.05) is 25.6 Å². The molecule has 0 bridgehead atoms. The minimum atomic E-state index is -4.13. The highest BCUT2D eigenvalue weighted by Crippen LogP contribution is 2.36. The molecule has 4 aromatic rings. The molecule has 1 aliphatic rings. The lowest BCUT2D eigenvalue weighted by molar-refractivity contribution is 0.0344. The number of anilines is 1. The Labute approximate surface area is 264 Å². The normalized spacial score (nSPS) is 17.6. The summed E-state index contributed by atoms with van der Waals surface area (Å²) in [6.07, 6.45) is -0.435. The summed E-state index contributed by atoms with van der Waals surface area (Å²) < 4.78 is 49.1. The van der Waals surface area contributed by atoms with E-state index in [4.69, 9.17) is 4.74 Å². The van der Waals surface area contributed by atoms with Gasteiger partial charge in [0.1, 0.15) is 11.9 Å². The highest BCUT2D eigenvalue weighted by atomic mass is 32.2. The molecule has 0 radical (unpaired) electrons. The van der Waals surface area contributed by atoms with Crippen molar-refractivity contribution in [2.24, 2.45) is 5.92 Å². The number of para-hydroxylation sites is 1. The van der Waals surface area contributed by atoms with E-state index in [1.165, 1.54) is 18.2 Å². The second-order valence-corrected chi connectivity index (χ2v) is 13.3. The summed E-state index contributed by atoms with van der Waals surface area (Å²) >= 11 is 0.